The quantitative estimate of drug-likeness (QED) is 0.0327. The van der Waals surface area contributed by atoms with Gasteiger partial charge in [0.25, 0.3) is 5.91 Å². The summed E-state index contributed by atoms with van der Waals surface area (Å²) in [4.78, 5) is 41.6. The number of carbonyl (C=O) groups is 3. The van der Waals surface area contributed by atoms with Crippen LogP contribution < -0.4 is 26.0 Å². The predicted molar refractivity (Wildman–Crippen MR) is 254 cm³/mol. The molecule has 0 aromatic heterocycles. The lowest BCUT2D eigenvalue weighted by Crippen LogP contribution is -2.55. The number of hydrogen-bond acceptors (Lipinski definition) is 10. The number of nitriles is 1. The third-order valence-electron chi connectivity index (χ3n) is 11.0. The number of nitrogens with one attached hydrogen (secondary N) is 2. The van der Waals surface area contributed by atoms with Crippen molar-refractivity contribution in [2.75, 3.05) is 44.5 Å². The van der Waals surface area contributed by atoms with Gasteiger partial charge in [-0.15, -0.1) is 0 Å². The average molecular weight is 959 g/mol. The molecule has 0 radical (unpaired) electrons. The molecule has 2 atom stereocenters. The Bertz CT molecular complexity index is 2160. The van der Waals surface area contributed by atoms with E-state index in [0.29, 0.717) is 45.0 Å². The van der Waals surface area contributed by atoms with Gasteiger partial charge in [0.1, 0.15) is 18.2 Å². The Hall–Kier alpha value is -5.35. The van der Waals surface area contributed by atoms with E-state index in [4.69, 9.17) is 37.4 Å². The standard InChI is InChI=1S/C49H66F4N6O7S/c1-9-37(28-36(22-23-54)49(51,52)53)58-45(63)48(7,8)59(46(58)67)38-20-21-41(40(50)29-38)66-27-11-10-24-64-25-13-26-65-31-42(61)57-43(47(4,5)6)44(62)56-30-39(60)15-12-14-34-16-18-35(19-17-34)32(2)33(3)55/h9,16-21,28-29,39,43,60H,10-15,22,24-27,30-31,55H2,1-8H3,(H,56,62)(H,57,61)/b33-32+,36-28+,37-9+. The van der Waals surface area contributed by atoms with Gasteiger partial charge in [-0.05, 0) is 126 Å². The molecule has 18 heteroatoms. The fourth-order valence-corrected chi connectivity index (χ4v) is 7.51. The Morgan fingerprint density at radius 2 is 1.64 bits per heavy atom. The summed E-state index contributed by atoms with van der Waals surface area (Å²) < 4.78 is 72.8. The van der Waals surface area contributed by atoms with Gasteiger partial charge in [-0.2, -0.15) is 18.4 Å². The highest BCUT2D eigenvalue weighted by Crippen LogP contribution is 2.38. The van der Waals surface area contributed by atoms with Gasteiger partial charge < -0.3 is 40.6 Å². The molecular formula is C49H66F4N6O7S. The molecule has 3 amide bonds. The van der Waals surface area contributed by atoms with Crippen LogP contribution in [0.3, 0.4) is 0 Å². The summed E-state index contributed by atoms with van der Waals surface area (Å²) in [6, 6.07) is 12.8. The average Bonchev–Trinajstić information content (AvgIpc) is 3.43. The summed E-state index contributed by atoms with van der Waals surface area (Å²) in [6.07, 6.45) is -0.789. The largest absolute Gasteiger partial charge is 0.491 e. The molecule has 0 spiro atoms. The van der Waals surface area contributed by atoms with Gasteiger partial charge in [-0.25, -0.2) is 4.39 Å². The van der Waals surface area contributed by atoms with Gasteiger partial charge in [-0.1, -0.05) is 51.1 Å². The van der Waals surface area contributed by atoms with Crippen LogP contribution in [-0.4, -0.2) is 96.3 Å². The maximum absolute atomic E-state index is 15.3. The predicted octanol–water partition coefficient (Wildman–Crippen LogP) is 8.17. The second-order valence-electron chi connectivity index (χ2n) is 17.9. The zero-order chi connectivity index (χ0) is 50.1. The van der Waals surface area contributed by atoms with Crippen LogP contribution in [-0.2, 0) is 30.3 Å². The summed E-state index contributed by atoms with van der Waals surface area (Å²) in [6.45, 7) is 14.9. The Morgan fingerprint density at radius 3 is 2.24 bits per heavy atom. The topological polar surface area (TPSA) is 179 Å². The summed E-state index contributed by atoms with van der Waals surface area (Å²) in [5.74, 6) is -2.24. The first kappa shape index (κ1) is 56.0. The number of unbranched alkanes of at least 4 members (excludes halogenated alkanes) is 1. The molecule has 0 saturated carbocycles. The summed E-state index contributed by atoms with van der Waals surface area (Å²) >= 11 is 5.54. The summed E-state index contributed by atoms with van der Waals surface area (Å²) in [5, 5.41) is 24.8. The summed E-state index contributed by atoms with van der Waals surface area (Å²) in [7, 11) is 0. The number of ether oxygens (including phenoxy) is 3. The van der Waals surface area contributed by atoms with E-state index in [1.807, 2.05) is 46.8 Å². The fourth-order valence-electron chi connectivity index (χ4n) is 6.99. The van der Waals surface area contributed by atoms with Crippen molar-refractivity contribution >= 4 is 46.3 Å². The van der Waals surface area contributed by atoms with Gasteiger partial charge in [0, 0.05) is 55.1 Å². The van der Waals surface area contributed by atoms with Crippen LogP contribution in [0.15, 0.2) is 71.6 Å². The van der Waals surface area contributed by atoms with Crippen LogP contribution in [0.25, 0.3) is 5.57 Å². The summed E-state index contributed by atoms with van der Waals surface area (Å²) in [5.41, 5.74) is 6.82. The number of alkyl halides is 3. The van der Waals surface area contributed by atoms with Crippen molar-refractivity contribution in [2.45, 2.75) is 124 Å². The second-order valence-corrected chi connectivity index (χ2v) is 18.2. The highest BCUT2D eigenvalue weighted by Gasteiger charge is 2.51. The Kier molecular flexibility index (Phi) is 21.5. The normalized spacial score (nSPS) is 15.8. The van der Waals surface area contributed by atoms with E-state index in [1.165, 1.54) is 49.9 Å². The minimum absolute atomic E-state index is 0.0413. The third-order valence-corrected chi connectivity index (χ3v) is 11.4. The molecule has 1 aliphatic heterocycles. The number of allylic oxidation sites excluding steroid dienone is 5. The Balaban J connectivity index is 1.33. The van der Waals surface area contributed by atoms with E-state index in [-0.39, 0.29) is 48.6 Å². The van der Waals surface area contributed by atoms with E-state index in [9.17, 15) is 32.7 Å². The van der Waals surface area contributed by atoms with Crippen molar-refractivity contribution in [1.82, 2.24) is 15.5 Å². The molecule has 0 bridgehead atoms. The van der Waals surface area contributed by atoms with Crippen molar-refractivity contribution in [3.63, 3.8) is 0 Å². The lowest BCUT2D eigenvalue weighted by molar-refractivity contribution is -0.134. The highest BCUT2D eigenvalue weighted by molar-refractivity contribution is 7.80. The number of hydrogen-bond donors (Lipinski definition) is 4. The molecule has 67 heavy (non-hydrogen) atoms. The molecular weight excluding hydrogens is 893 g/mol. The molecule has 1 fully saturated rings. The number of anilines is 1. The maximum atomic E-state index is 15.3. The van der Waals surface area contributed by atoms with E-state index in [0.717, 1.165) is 46.2 Å². The minimum Gasteiger partial charge on any atom is -0.491 e. The first-order valence-corrected chi connectivity index (χ1v) is 22.7. The van der Waals surface area contributed by atoms with Crippen molar-refractivity contribution in [3.8, 4) is 11.8 Å². The van der Waals surface area contributed by atoms with Crippen LogP contribution in [0.2, 0.25) is 0 Å². The highest BCUT2D eigenvalue weighted by atomic mass is 32.1. The van der Waals surface area contributed by atoms with Crippen LogP contribution in [0, 0.1) is 22.6 Å². The number of halogens is 4. The number of amides is 3. The molecule has 1 saturated heterocycles. The van der Waals surface area contributed by atoms with Crippen molar-refractivity contribution in [2.24, 2.45) is 11.1 Å². The number of nitrogens with two attached hydrogens (primary N) is 1. The molecule has 2 aromatic carbocycles. The van der Waals surface area contributed by atoms with E-state index < -0.39 is 64.8 Å². The number of nitrogens with zero attached hydrogens (tertiary/aromatic N) is 3. The molecule has 1 heterocycles. The maximum Gasteiger partial charge on any atom is 0.413 e. The number of benzene rings is 2. The second kappa shape index (κ2) is 25.7. The van der Waals surface area contributed by atoms with Gasteiger partial charge in [0.15, 0.2) is 16.7 Å². The Morgan fingerprint density at radius 1 is 1.00 bits per heavy atom. The number of aryl methyl sites for hydroxylation is 1. The molecule has 368 valence electrons. The lowest BCUT2D eigenvalue weighted by atomic mass is 9.86. The van der Waals surface area contributed by atoms with E-state index in [1.54, 1.807) is 0 Å². The first-order valence-electron chi connectivity index (χ1n) is 22.3. The number of rotatable bonds is 25. The van der Waals surface area contributed by atoms with Crippen molar-refractivity contribution in [3.05, 3.63) is 88.5 Å². The number of thiocarbonyl (C=S) groups is 1. The van der Waals surface area contributed by atoms with Crippen LogP contribution in [0.4, 0.5) is 23.2 Å². The van der Waals surface area contributed by atoms with Gasteiger partial charge in [0.05, 0.1) is 25.2 Å². The molecule has 13 nitrogen and oxygen atoms in total. The third kappa shape index (κ3) is 16.7. The molecule has 1 aliphatic rings. The SMILES string of the molecule is C/C=C(\C=C(/CC#N)C(F)(F)F)N1C(=O)C(C)(C)N(c2ccc(OCCCCOCCCOCC(=O)NC(C(=O)NCC(O)CCCc3ccc(/C(C)=C(\C)N)cc3)C(C)(C)C)c(F)c2)C1=S. The Labute approximate surface area is 397 Å². The number of aliphatic hydroxyl groups is 1. The molecule has 2 unspecified atom stereocenters. The smallest absolute Gasteiger partial charge is 0.413 e. The molecule has 0 aliphatic carbocycles. The molecule has 5 N–H and O–H groups in total. The first-order chi connectivity index (χ1) is 31.4. The molecule has 3 rings (SSSR count). The van der Waals surface area contributed by atoms with Crippen molar-refractivity contribution < 1.29 is 51.3 Å². The van der Waals surface area contributed by atoms with Crippen LogP contribution in [0.1, 0.15) is 105 Å². The molecule has 2 aromatic rings. The monoisotopic (exact) mass is 958 g/mol. The number of aliphatic hydroxyl groups excluding tert-OH is 1. The van der Waals surface area contributed by atoms with Crippen LogP contribution in [0.5, 0.6) is 5.75 Å². The van der Waals surface area contributed by atoms with Crippen molar-refractivity contribution in [1.29, 1.82) is 5.26 Å². The lowest BCUT2D eigenvalue weighted by Gasteiger charge is -2.30. The zero-order valence-corrected chi connectivity index (χ0v) is 40.6. The van der Waals surface area contributed by atoms with E-state index in [2.05, 4.69) is 22.8 Å². The van der Waals surface area contributed by atoms with Crippen LogP contribution >= 0.6 is 12.2 Å². The van der Waals surface area contributed by atoms with E-state index >= 15 is 4.39 Å². The van der Waals surface area contributed by atoms with Gasteiger partial charge >= 0.3 is 6.18 Å². The number of carbonyl (C=O) groups excluding carboxylic acids is 3. The van der Waals surface area contributed by atoms with Gasteiger partial charge in [0.2, 0.25) is 11.8 Å². The fraction of sp³-hybridized carbons (Fsp3) is 0.531. The van der Waals surface area contributed by atoms with Gasteiger partial charge in [-0.3, -0.25) is 19.3 Å². The minimum atomic E-state index is -4.80. The zero-order valence-electron chi connectivity index (χ0n) is 39.8.